The van der Waals surface area contributed by atoms with Gasteiger partial charge >= 0.3 is 0 Å². The molecule has 1 aliphatic carbocycles. The Morgan fingerprint density at radius 2 is 1.96 bits per heavy atom. The molecule has 144 valence electrons. The Labute approximate surface area is 168 Å². The molecule has 1 heterocycles. The maximum atomic E-state index is 13.1. The van der Waals surface area contributed by atoms with Gasteiger partial charge in [0.15, 0.2) is 11.5 Å². The van der Waals surface area contributed by atoms with E-state index < -0.39 is 0 Å². The molecule has 0 atom stereocenters. The summed E-state index contributed by atoms with van der Waals surface area (Å²) in [5.74, 6) is 0.206. The fourth-order valence-corrected chi connectivity index (χ4v) is 3.85. The lowest BCUT2D eigenvalue weighted by molar-refractivity contribution is -0.123. The van der Waals surface area contributed by atoms with Crippen LogP contribution in [0.4, 0.5) is 5.69 Å². The molecule has 28 heavy (non-hydrogen) atoms. The number of nitrogens with zero attached hydrogens (tertiary/aromatic N) is 1. The molecule has 1 N–H and O–H groups in total. The lowest BCUT2D eigenvalue weighted by atomic mass is 10.1. The Bertz CT molecular complexity index is 935. The van der Waals surface area contributed by atoms with Crippen molar-refractivity contribution in [2.75, 3.05) is 11.4 Å². The van der Waals surface area contributed by atoms with Crippen LogP contribution in [0.3, 0.4) is 0 Å². The third kappa shape index (κ3) is 4.04. The van der Waals surface area contributed by atoms with Crippen molar-refractivity contribution in [1.29, 1.82) is 0 Å². The first-order valence-corrected chi connectivity index (χ1v) is 9.83. The van der Waals surface area contributed by atoms with Crippen LogP contribution < -0.4 is 15.0 Å². The zero-order chi connectivity index (χ0) is 19.5. The molecule has 0 saturated heterocycles. The van der Waals surface area contributed by atoms with Crippen molar-refractivity contribution in [3.8, 4) is 5.75 Å². The summed E-state index contributed by atoms with van der Waals surface area (Å²) in [6.07, 6.45) is 5.91. The van der Waals surface area contributed by atoms with Crippen LogP contribution in [0.1, 0.15) is 31.2 Å². The van der Waals surface area contributed by atoms with Gasteiger partial charge in [-0.15, -0.1) is 0 Å². The quantitative estimate of drug-likeness (QED) is 0.789. The molecule has 2 aromatic carbocycles. The number of halogens is 1. The van der Waals surface area contributed by atoms with Crippen molar-refractivity contribution in [1.82, 2.24) is 5.32 Å². The van der Waals surface area contributed by atoms with Crippen LogP contribution in [0.15, 0.2) is 54.3 Å². The van der Waals surface area contributed by atoms with E-state index in [-0.39, 0.29) is 30.2 Å². The summed E-state index contributed by atoms with van der Waals surface area (Å²) in [5.41, 5.74) is 1.35. The fraction of sp³-hybridized carbons (Fsp3) is 0.273. The number of hydrogen-bond acceptors (Lipinski definition) is 3. The second-order valence-corrected chi connectivity index (χ2v) is 7.51. The van der Waals surface area contributed by atoms with Crippen LogP contribution in [0, 0.1) is 0 Å². The van der Waals surface area contributed by atoms with Crippen molar-refractivity contribution in [3.63, 3.8) is 0 Å². The van der Waals surface area contributed by atoms with E-state index in [1.165, 1.54) is 4.90 Å². The van der Waals surface area contributed by atoms with E-state index in [0.29, 0.717) is 16.5 Å². The van der Waals surface area contributed by atoms with Crippen LogP contribution in [-0.4, -0.2) is 24.4 Å². The molecule has 1 aliphatic heterocycles. The summed E-state index contributed by atoms with van der Waals surface area (Å²) in [5, 5.41) is 3.61. The summed E-state index contributed by atoms with van der Waals surface area (Å²) in [7, 11) is 0. The highest BCUT2D eigenvalue weighted by Crippen LogP contribution is 2.35. The Morgan fingerprint density at radius 1 is 1.18 bits per heavy atom. The lowest BCUT2D eigenvalue weighted by Crippen LogP contribution is -2.46. The molecule has 0 aromatic heterocycles. The number of carbonyl (C=O) groups is 2. The molecule has 2 aromatic rings. The third-order valence-electron chi connectivity index (χ3n) is 5.00. The van der Waals surface area contributed by atoms with E-state index in [9.17, 15) is 9.59 Å². The summed E-state index contributed by atoms with van der Waals surface area (Å²) >= 11 is 6.04. The first-order valence-electron chi connectivity index (χ1n) is 9.45. The van der Waals surface area contributed by atoms with Crippen LogP contribution >= 0.6 is 11.6 Å². The standard InChI is InChI=1S/C22H21ClN2O3/c23-16-7-5-6-15(12-16)13-20-22(27)25(18-10-3-4-11-19(18)28-20)14-21(26)24-17-8-1-2-9-17/h3-7,10-13,17H,1-2,8-9,14H2,(H,24,26). The predicted molar refractivity (Wildman–Crippen MR) is 109 cm³/mol. The number of benzene rings is 2. The number of rotatable bonds is 4. The van der Waals surface area contributed by atoms with Crippen LogP contribution in [0.5, 0.6) is 5.75 Å². The van der Waals surface area contributed by atoms with E-state index in [1.807, 2.05) is 24.3 Å². The average molecular weight is 397 g/mol. The molecular formula is C22H21ClN2O3. The lowest BCUT2D eigenvalue weighted by Gasteiger charge is -2.30. The van der Waals surface area contributed by atoms with Crippen LogP contribution in [0.25, 0.3) is 6.08 Å². The topological polar surface area (TPSA) is 58.6 Å². The Hall–Kier alpha value is -2.79. The molecule has 6 heteroatoms. The molecular weight excluding hydrogens is 376 g/mol. The van der Waals surface area contributed by atoms with Gasteiger partial charge < -0.3 is 10.1 Å². The molecule has 0 radical (unpaired) electrons. The number of nitrogens with one attached hydrogen (secondary N) is 1. The maximum Gasteiger partial charge on any atom is 0.294 e. The highest BCUT2D eigenvalue weighted by molar-refractivity contribution is 6.30. The number of hydrogen-bond donors (Lipinski definition) is 1. The zero-order valence-corrected chi connectivity index (χ0v) is 16.1. The molecule has 0 spiro atoms. The minimum absolute atomic E-state index is 0.0391. The number of anilines is 1. The molecule has 4 rings (SSSR count). The van der Waals surface area contributed by atoms with Crippen molar-refractivity contribution >= 4 is 35.2 Å². The number of para-hydroxylation sites is 2. The first kappa shape index (κ1) is 18.6. The molecule has 2 aliphatic rings. The number of ether oxygens (including phenoxy) is 1. The molecule has 1 fully saturated rings. The summed E-state index contributed by atoms with van der Waals surface area (Å²) < 4.78 is 5.83. The fourth-order valence-electron chi connectivity index (χ4n) is 3.65. The van der Waals surface area contributed by atoms with Gasteiger partial charge in [-0.3, -0.25) is 14.5 Å². The van der Waals surface area contributed by atoms with Gasteiger partial charge in [-0.05, 0) is 48.7 Å². The number of carbonyl (C=O) groups excluding carboxylic acids is 2. The van der Waals surface area contributed by atoms with Crippen molar-refractivity contribution in [3.05, 3.63) is 64.9 Å². The van der Waals surface area contributed by atoms with E-state index in [0.717, 1.165) is 31.2 Å². The van der Waals surface area contributed by atoms with Crippen molar-refractivity contribution < 1.29 is 14.3 Å². The molecule has 1 saturated carbocycles. The minimum Gasteiger partial charge on any atom is -0.449 e. The monoisotopic (exact) mass is 396 g/mol. The SMILES string of the molecule is O=C(CN1C(=O)C(=Cc2cccc(Cl)c2)Oc2ccccc21)NC1CCCC1. The summed E-state index contributed by atoms with van der Waals surface area (Å²) in [6.45, 7) is -0.0391. The van der Waals surface area contributed by atoms with Gasteiger partial charge in [0, 0.05) is 11.1 Å². The van der Waals surface area contributed by atoms with Crippen LogP contribution in [0.2, 0.25) is 5.02 Å². The van der Waals surface area contributed by atoms with E-state index in [2.05, 4.69) is 5.32 Å². The second-order valence-electron chi connectivity index (χ2n) is 7.07. The van der Waals surface area contributed by atoms with E-state index in [4.69, 9.17) is 16.3 Å². The Kier molecular flexibility index (Phi) is 5.35. The molecule has 0 bridgehead atoms. The van der Waals surface area contributed by atoms with Gasteiger partial charge in [0.25, 0.3) is 5.91 Å². The van der Waals surface area contributed by atoms with Gasteiger partial charge in [0.2, 0.25) is 5.91 Å². The van der Waals surface area contributed by atoms with Gasteiger partial charge in [-0.25, -0.2) is 0 Å². The normalized spacial score (nSPS) is 18.1. The number of amides is 2. The second kappa shape index (κ2) is 8.07. The van der Waals surface area contributed by atoms with Crippen LogP contribution in [-0.2, 0) is 9.59 Å². The Morgan fingerprint density at radius 3 is 2.75 bits per heavy atom. The first-order chi connectivity index (χ1) is 13.6. The smallest absolute Gasteiger partial charge is 0.294 e. The van der Waals surface area contributed by atoms with Gasteiger partial charge in [-0.1, -0.05) is 48.7 Å². The average Bonchev–Trinajstić information content (AvgIpc) is 3.18. The minimum atomic E-state index is -0.347. The van der Waals surface area contributed by atoms with Crippen molar-refractivity contribution in [2.24, 2.45) is 0 Å². The zero-order valence-electron chi connectivity index (χ0n) is 15.4. The van der Waals surface area contributed by atoms with Gasteiger partial charge in [0.1, 0.15) is 6.54 Å². The van der Waals surface area contributed by atoms with Gasteiger partial charge in [-0.2, -0.15) is 0 Å². The highest BCUT2D eigenvalue weighted by Gasteiger charge is 2.32. The summed E-state index contributed by atoms with van der Waals surface area (Å²) in [4.78, 5) is 27.1. The molecule has 2 amide bonds. The molecule has 5 nitrogen and oxygen atoms in total. The highest BCUT2D eigenvalue weighted by atomic mass is 35.5. The maximum absolute atomic E-state index is 13.1. The molecule has 0 unspecified atom stereocenters. The van der Waals surface area contributed by atoms with E-state index >= 15 is 0 Å². The predicted octanol–water partition coefficient (Wildman–Crippen LogP) is 4.17. The van der Waals surface area contributed by atoms with E-state index in [1.54, 1.807) is 30.3 Å². The number of fused-ring (bicyclic) bond motifs is 1. The van der Waals surface area contributed by atoms with Gasteiger partial charge in [0.05, 0.1) is 5.69 Å². The largest absolute Gasteiger partial charge is 0.449 e. The Balaban J connectivity index is 1.60. The van der Waals surface area contributed by atoms with Crippen molar-refractivity contribution in [2.45, 2.75) is 31.7 Å². The summed E-state index contributed by atoms with van der Waals surface area (Å²) in [6, 6.07) is 14.6. The third-order valence-corrected chi connectivity index (χ3v) is 5.24.